The van der Waals surface area contributed by atoms with E-state index in [1.807, 2.05) is 0 Å². The first-order valence-electron chi connectivity index (χ1n) is 8.55. The van der Waals surface area contributed by atoms with E-state index < -0.39 is 0 Å². The van der Waals surface area contributed by atoms with Gasteiger partial charge in [-0.05, 0) is 85.9 Å². The first-order chi connectivity index (χ1) is 9.74. The highest BCUT2D eigenvalue weighted by molar-refractivity contribution is 5.35. The van der Waals surface area contributed by atoms with Crippen LogP contribution in [-0.2, 0) is 19.3 Å². The molecule has 20 heavy (non-hydrogen) atoms. The molecular formula is C19H29N. The van der Waals surface area contributed by atoms with Crippen molar-refractivity contribution >= 4 is 0 Å². The van der Waals surface area contributed by atoms with Crippen LogP contribution in [0.15, 0.2) is 18.2 Å². The standard InChI is InChI=1S/C19H29N/c1-2-15-8-10-19(14-20,11-9-15)13-16-6-7-17-4-3-5-18(17)12-16/h6-7,12,15H,2-5,8-11,13-14,20H2,1H3. The van der Waals surface area contributed by atoms with Gasteiger partial charge in [-0.2, -0.15) is 0 Å². The molecule has 2 aliphatic rings. The fourth-order valence-electron chi connectivity index (χ4n) is 4.32. The summed E-state index contributed by atoms with van der Waals surface area (Å²) < 4.78 is 0. The zero-order valence-electron chi connectivity index (χ0n) is 13.0. The van der Waals surface area contributed by atoms with Crippen LogP contribution < -0.4 is 5.73 Å². The Kier molecular flexibility index (Phi) is 4.16. The fraction of sp³-hybridized carbons (Fsp3) is 0.684. The Labute approximate surface area is 124 Å². The molecule has 0 amide bonds. The summed E-state index contributed by atoms with van der Waals surface area (Å²) in [6, 6.07) is 7.22. The lowest BCUT2D eigenvalue weighted by molar-refractivity contribution is 0.153. The minimum absolute atomic E-state index is 0.387. The molecule has 1 saturated carbocycles. The number of benzene rings is 1. The van der Waals surface area contributed by atoms with Crippen molar-refractivity contribution in [3.63, 3.8) is 0 Å². The summed E-state index contributed by atoms with van der Waals surface area (Å²) in [6.07, 6.45) is 11.9. The molecule has 0 atom stereocenters. The Morgan fingerprint density at radius 2 is 1.90 bits per heavy atom. The zero-order valence-corrected chi connectivity index (χ0v) is 13.0. The molecule has 1 nitrogen and oxygen atoms in total. The summed E-state index contributed by atoms with van der Waals surface area (Å²) in [5, 5.41) is 0. The second-order valence-electron chi connectivity index (χ2n) is 7.19. The molecule has 0 bridgehead atoms. The summed E-state index contributed by atoms with van der Waals surface area (Å²) in [6.45, 7) is 3.20. The van der Waals surface area contributed by atoms with E-state index in [0.29, 0.717) is 5.41 Å². The SMILES string of the molecule is CCC1CCC(CN)(Cc2ccc3c(c2)CCC3)CC1. The van der Waals surface area contributed by atoms with E-state index in [9.17, 15) is 0 Å². The molecule has 1 aromatic rings. The Hall–Kier alpha value is -0.820. The van der Waals surface area contributed by atoms with Gasteiger partial charge in [0, 0.05) is 0 Å². The van der Waals surface area contributed by atoms with E-state index in [4.69, 9.17) is 5.73 Å². The molecule has 2 aliphatic carbocycles. The van der Waals surface area contributed by atoms with Crippen LogP contribution in [-0.4, -0.2) is 6.54 Å². The van der Waals surface area contributed by atoms with Crippen LogP contribution in [0.1, 0.15) is 62.1 Å². The molecule has 0 heterocycles. The Bertz CT molecular complexity index is 455. The number of hydrogen-bond acceptors (Lipinski definition) is 1. The minimum atomic E-state index is 0.387. The van der Waals surface area contributed by atoms with E-state index in [1.54, 1.807) is 11.1 Å². The van der Waals surface area contributed by atoms with Crippen LogP contribution in [0.2, 0.25) is 0 Å². The third kappa shape index (κ3) is 2.79. The molecule has 0 saturated heterocycles. The monoisotopic (exact) mass is 271 g/mol. The van der Waals surface area contributed by atoms with Crippen LogP contribution >= 0.6 is 0 Å². The van der Waals surface area contributed by atoms with Crippen molar-refractivity contribution in [2.24, 2.45) is 17.1 Å². The van der Waals surface area contributed by atoms with Crippen LogP contribution in [0, 0.1) is 11.3 Å². The predicted molar refractivity (Wildman–Crippen MR) is 85.9 cm³/mol. The van der Waals surface area contributed by atoms with Gasteiger partial charge in [0.15, 0.2) is 0 Å². The lowest BCUT2D eigenvalue weighted by atomic mass is 9.67. The van der Waals surface area contributed by atoms with Gasteiger partial charge in [-0.1, -0.05) is 31.5 Å². The topological polar surface area (TPSA) is 26.0 Å². The summed E-state index contributed by atoms with van der Waals surface area (Å²) in [4.78, 5) is 0. The maximum Gasteiger partial charge on any atom is -0.00173 e. The molecule has 0 unspecified atom stereocenters. The largest absolute Gasteiger partial charge is 0.330 e. The molecule has 110 valence electrons. The van der Waals surface area contributed by atoms with E-state index in [0.717, 1.165) is 12.5 Å². The normalized spacial score (nSPS) is 29.4. The summed E-state index contributed by atoms with van der Waals surface area (Å²) >= 11 is 0. The van der Waals surface area contributed by atoms with Gasteiger partial charge in [0.05, 0.1) is 0 Å². The molecular weight excluding hydrogens is 242 g/mol. The molecule has 1 aromatic carbocycles. The van der Waals surface area contributed by atoms with Crippen molar-refractivity contribution in [1.29, 1.82) is 0 Å². The molecule has 0 spiro atoms. The molecule has 1 heteroatoms. The maximum atomic E-state index is 6.19. The van der Waals surface area contributed by atoms with Crippen LogP contribution in [0.25, 0.3) is 0 Å². The zero-order chi connectivity index (χ0) is 14.0. The van der Waals surface area contributed by atoms with Crippen molar-refractivity contribution < 1.29 is 0 Å². The molecule has 1 fully saturated rings. The van der Waals surface area contributed by atoms with Gasteiger partial charge >= 0.3 is 0 Å². The van der Waals surface area contributed by atoms with Crippen molar-refractivity contribution in [2.45, 2.75) is 64.7 Å². The first-order valence-corrected chi connectivity index (χ1v) is 8.55. The summed E-state index contributed by atoms with van der Waals surface area (Å²) in [5.74, 6) is 0.953. The summed E-state index contributed by atoms with van der Waals surface area (Å²) in [7, 11) is 0. The number of rotatable bonds is 4. The van der Waals surface area contributed by atoms with Crippen molar-refractivity contribution in [2.75, 3.05) is 6.54 Å². The lowest BCUT2D eigenvalue weighted by Gasteiger charge is -2.39. The van der Waals surface area contributed by atoms with Crippen LogP contribution in [0.5, 0.6) is 0 Å². The number of aryl methyl sites for hydroxylation is 2. The average molecular weight is 271 g/mol. The minimum Gasteiger partial charge on any atom is -0.330 e. The highest BCUT2D eigenvalue weighted by Crippen LogP contribution is 2.42. The van der Waals surface area contributed by atoms with Gasteiger partial charge in [-0.15, -0.1) is 0 Å². The predicted octanol–water partition coefficient (Wildman–Crippen LogP) is 4.26. The smallest absolute Gasteiger partial charge is 0.00173 e. The fourth-order valence-corrected chi connectivity index (χ4v) is 4.32. The Morgan fingerprint density at radius 1 is 1.15 bits per heavy atom. The summed E-state index contributed by atoms with van der Waals surface area (Å²) in [5.41, 5.74) is 11.3. The van der Waals surface area contributed by atoms with Gasteiger partial charge in [-0.25, -0.2) is 0 Å². The van der Waals surface area contributed by atoms with Gasteiger partial charge in [-0.3, -0.25) is 0 Å². The number of fused-ring (bicyclic) bond motifs is 1. The van der Waals surface area contributed by atoms with E-state index in [1.165, 1.54) is 63.4 Å². The van der Waals surface area contributed by atoms with E-state index in [-0.39, 0.29) is 0 Å². The Balaban J connectivity index is 1.72. The molecule has 0 aromatic heterocycles. The number of hydrogen-bond donors (Lipinski definition) is 1. The molecule has 0 radical (unpaired) electrons. The highest BCUT2D eigenvalue weighted by Gasteiger charge is 2.33. The average Bonchev–Trinajstić information content (AvgIpc) is 2.95. The van der Waals surface area contributed by atoms with E-state index in [2.05, 4.69) is 25.1 Å². The van der Waals surface area contributed by atoms with Crippen LogP contribution in [0.4, 0.5) is 0 Å². The highest BCUT2D eigenvalue weighted by atomic mass is 14.6. The van der Waals surface area contributed by atoms with Gasteiger partial charge in [0.2, 0.25) is 0 Å². The Morgan fingerprint density at radius 3 is 2.60 bits per heavy atom. The maximum absolute atomic E-state index is 6.19. The third-order valence-corrected chi connectivity index (χ3v) is 5.92. The lowest BCUT2D eigenvalue weighted by Crippen LogP contribution is -2.36. The van der Waals surface area contributed by atoms with E-state index >= 15 is 0 Å². The molecule has 0 aliphatic heterocycles. The van der Waals surface area contributed by atoms with Gasteiger partial charge < -0.3 is 5.73 Å². The molecule has 3 rings (SSSR count). The van der Waals surface area contributed by atoms with Gasteiger partial charge in [0.25, 0.3) is 0 Å². The van der Waals surface area contributed by atoms with Gasteiger partial charge in [0.1, 0.15) is 0 Å². The second kappa shape index (κ2) is 5.89. The molecule has 2 N–H and O–H groups in total. The van der Waals surface area contributed by atoms with Crippen molar-refractivity contribution in [3.8, 4) is 0 Å². The van der Waals surface area contributed by atoms with Crippen LogP contribution in [0.3, 0.4) is 0 Å². The number of nitrogens with two attached hydrogens (primary N) is 1. The second-order valence-corrected chi connectivity index (χ2v) is 7.19. The first kappa shape index (κ1) is 14.1. The van der Waals surface area contributed by atoms with Crippen molar-refractivity contribution in [3.05, 3.63) is 34.9 Å². The quantitative estimate of drug-likeness (QED) is 0.870. The third-order valence-electron chi connectivity index (χ3n) is 5.92. The van der Waals surface area contributed by atoms with Crippen molar-refractivity contribution in [1.82, 2.24) is 0 Å².